The van der Waals surface area contributed by atoms with E-state index in [0.29, 0.717) is 6.61 Å². The number of hydrogen-bond acceptors (Lipinski definition) is 4. The SMILES string of the molecule is CN(C)CCOCc1cc2c(s1)-c1cc(Br)ccc1Sc1ccccc1-2.Cl. The molecule has 0 amide bonds. The minimum absolute atomic E-state index is 0. The van der Waals surface area contributed by atoms with E-state index < -0.39 is 0 Å². The van der Waals surface area contributed by atoms with E-state index in [1.54, 1.807) is 0 Å². The lowest BCUT2D eigenvalue weighted by Gasteiger charge is -2.09. The molecule has 3 aromatic rings. The zero-order valence-electron chi connectivity index (χ0n) is 15.2. The standard InChI is InChI=1S/C21H20BrNOS2.ClH/c1-23(2)9-10-24-13-15-12-17-16-5-3-4-6-19(16)26-20-8-7-14(22)11-18(20)21(17)25-15;/h3-8,11-12H,9-10,13H2,1-2H3;1H. The van der Waals surface area contributed by atoms with Crippen LogP contribution in [0.4, 0.5) is 0 Å². The number of nitrogens with zero attached hydrogens (tertiary/aromatic N) is 1. The van der Waals surface area contributed by atoms with Gasteiger partial charge in [-0.1, -0.05) is 45.9 Å². The highest BCUT2D eigenvalue weighted by Gasteiger charge is 2.22. The van der Waals surface area contributed by atoms with Gasteiger partial charge in [0, 0.05) is 41.7 Å². The highest BCUT2D eigenvalue weighted by Crippen LogP contribution is 2.51. The molecule has 0 spiro atoms. The van der Waals surface area contributed by atoms with Crippen LogP contribution in [-0.4, -0.2) is 32.1 Å². The van der Waals surface area contributed by atoms with Crippen LogP contribution >= 0.6 is 51.4 Å². The summed E-state index contributed by atoms with van der Waals surface area (Å²) < 4.78 is 7.01. The Hall–Kier alpha value is -0.820. The molecule has 0 aliphatic carbocycles. The van der Waals surface area contributed by atoms with Gasteiger partial charge in [0.05, 0.1) is 13.2 Å². The smallest absolute Gasteiger partial charge is 0.0810 e. The molecule has 0 radical (unpaired) electrons. The summed E-state index contributed by atoms with van der Waals surface area (Å²) in [5.41, 5.74) is 3.94. The fourth-order valence-corrected chi connectivity index (χ4v) is 5.64. The molecule has 2 heterocycles. The highest BCUT2D eigenvalue weighted by atomic mass is 79.9. The maximum absolute atomic E-state index is 5.89. The van der Waals surface area contributed by atoms with E-state index >= 15 is 0 Å². The molecule has 2 aromatic carbocycles. The summed E-state index contributed by atoms with van der Waals surface area (Å²) in [5, 5.41) is 0. The van der Waals surface area contributed by atoms with Gasteiger partial charge in [0.15, 0.2) is 0 Å². The second-order valence-electron chi connectivity index (χ2n) is 6.55. The van der Waals surface area contributed by atoms with Gasteiger partial charge in [0.25, 0.3) is 0 Å². The van der Waals surface area contributed by atoms with Crippen molar-refractivity contribution >= 4 is 51.4 Å². The number of halogens is 2. The molecule has 27 heavy (non-hydrogen) atoms. The Labute approximate surface area is 183 Å². The quantitative estimate of drug-likeness (QED) is 0.290. The van der Waals surface area contributed by atoms with E-state index in [-0.39, 0.29) is 12.4 Å². The van der Waals surface area contributed by atoms with E-state index in [0.717, 1.165) is 17.6 Å². The molecule has 2 nitrogen and oxygen atoms in total. The fraction of sp³-hybridized carbons (Fsp3) is 0.238. The Balaban J connectivity index is 0.00000210. The van der Waals surface area contributed by atoms with Crippen LogP contribution in [0.1, 0.15) is 4.88 Å². The molecule has 4 rings (SSSR count). The van der Waals surface area contributed by atoms with Crippen molar-refractivity contribution in [2.24, 2.45) is 0 Å². The van der Waals surface area contributed by atoms with E-state index in [1.165, 1.54) is 36.2 Å². The number of ether oxygens (including phenoxy) is 1. The van der Waals surface area contributed by atoms with Crippen LogP contribution in [0, 0.1) is 0 Å². The van der Waals surface area contributed by atoms with Crippen LogP contribution in [0.2, 0.25) is 0 Å². The lowest BCUT2D eigenvalue weighted by molar-refractivity contribution is 0.107. The maximum Gasteiger partial charge on any atom is 0.0810 e. The van der Waals surface area contributed by atoms with Crippen LogP contribution in [-0.2, 0) is 11.3 Å². The maximum atomic E-state index is 5.89. The molecule has 0 bridgehead atoms. The largest absolute Gasteiger partial charge is 0.375 e. The zero-order valence-corrected chi connectivity index (χ0v) is 19.2. The van der Waals surface area contributed by atoms with Gasteiger partial charge in [-0.25, -0.2) is 0 Å². The Kier molecular flexibility index (Phi) is 7.06. The first-order valence-corrected chi connectivity index (χ1v) is 11.0. The van der Waals surface area contributed by atoms with Gasteiger partial charge in [-0.3, -0.25) is 0 Å². The second kappa shape index (κ2) is 9.12. The first-order valence-electron chi connectivity index (χ1n) is 8.54. The van der Waals surface area contributed by atoms with Crippen molar-refractivity contribution in [3.8, 4) is 21.6 Å². The van der Waals surface area contributed by atoms with Crippen molar-refractivity contribution in [3.63, 3.8) is 0 Å². The molecule has 0 atom stereocenters. The number of thiophene rings is 1. The molecule has 0 unspecified atom stereocenters. The molecule has 0 saturated heterocycles. The van der Waals surface area contributed by atoms with Crippen molar-refractivity contribution in [1.29, 1.82) is 0 Å². The number of fused-ring (bicyclic) bond motifs is 5. The third kappa shape index (κ3) is 4.61. The number of rotatable bonds is 5. The molecule has 0 saturated carbocycles. The minimum atomic E-state index is 0. The molecule has 0 N–H and O–H groups in total. The Bertz CT molecular complexity index is 942. The predicted molar refractivity (Wildman–Crippen MR) is 122 cm³/mol. The Morgan fingerprint density at radius 1 is 0.963 bits per heavy atom. The Morgan fingerprint density at radius 3 is 2.56 bits per heavy atom. The van der Waals surface area contributed by atoms with Crippen LogP contribution in [0.25, 0.3) is 21.6 Å². The van der Waals surface area contributed by atoms with Crippen LogP contribution in [0.5, 0.6) is 0 Å². The van der Waals surface area contributed by atoms with E-state index in [4.69, 9.17) is 4.74 Å². The topological polar surface area (TPSA) is 12.5 Å². The third-order valence-electron chi connectivity index (χ3n) is 4.29. The Morgan fingerprint density at radius 2 is 1.74 bits per heavy atom. The summed E-state index contributed by atoms with van der Waals surface area (Å²) in [4.78, 5) is 7.38. The van der Waals surface area contributed by atoms with Crippen molar-refractivity contribution < 1.29 is 4.74 Å². The second-order valence-corrected chi connectivity index (χ2v) is 9.69. The predicted octanol–water partition coefficient (Wildman–Crippen LogP) is 6.81. The minimum Gasteiger partial charge on any atom is -0.375 e. The number of benzene rings is 2. The van der Waals surface area contributed by atoms with Crippen molar-refractivity contribution in [3.05, 3.63) is 57.9 Å². The van der Waals surface area contributed by atoms with Gasteiger partial charge in [-0.05, 0) is 50.0 Å². The monoisotopic (exact) mass is 481 g/mol. The highest BCUT2D eigenvalue weighted by molar-refractivity contribution is 9.10. The summed E-state index contributed by atoms with van der Waals surface area (Å²) >= 11 is 7.34. The van der Waals surface area contributed by atoms with E-state index in [9.17, 15) is 0 Å². The summed E-state index contributed by atoms with van der Waals surface area (Å²) in [6.45, 7) is 2.37. The van der Waals surface area contributed by atoms with Crippen LogP contribution in [0.3, 0.4) is 0 Å². The molecule has 142 valence electrons. The molecule has 6 heteroatoms. The van der Waals surface area contributed by atoms with Gasteiger partial charge in [0.1, 0.15) is 0 Å². The van der Waals surface area contributed by atoms with Crippen molar-refractivity contribution in [2.75, 3.05) is 27.2 Å². The molecule has 1 aliphatic rings. The van der Waals surface area contributed by atoms with Gasteiger partial charge >= 0.3 is 0 Å². The molecule has 1 aromatic heterocycles. The van der Waals surface area contributed by atoms with E-state index in [1.807, 2.05) is 23.1 Å². The molecule has 0 fully saturated rings. The first kappa shape index (κ1) is 20.9. The van der Waals surface area contributed by atoms with Gasteiger partial charge in [-0.15, -0.1) is 23.7 Å². The summed E-state index contributed by atoms with van der Waals surface area (Å²) in [5.74, 6) is 0. The lowest BCUT2D eigenvalue weighted by Crippen LogP contribution is -2.17. The van der Waals surface area contributed by atoms with E-state index in [2.05, 4.69) is 83.5 Å². The molecule has 1 aliphatic heterocycles. The zero-order chi connectivity index (χ0) is 18.1. The summed E-state index contributed by atoms with van der Waals surface area (Å²) in [6, 6.07) is 17.6. The number of hydrogen-bond donors (Lipinski definition) is 0. The summed E-state index contributed by atoms with van der Waals surface area (Å²) in [6.07, 6.45) is 0. The van der Waals surface area contributed by atoms with Crippen LogP contribution < -0.4 is 0 Å². The van der Waals surface area contributed by atoms with Gasteiger partial charge in [0.2, 0.25) is 0 Å². The average molecular weight is 483 g/mol. The van der Waals surface area contributed by atoms with Crippen molar-refractivity contribution in [1.82, 2.24) is 4.90 Å². The average Bonchev–Trinajstić information content (AvgIpc) is 2.99. The van der Waals surface area contributed by atoms with Crippen molar-refractivity contribution in [2.45, 2.75) is 16.4 Å². The van der Waals surface area contributed by atoms with Gasteiger partial charge in [-0.2, -0.15) is 0 Å². The summed E-state index contributed by atoms with van der Waals surface area (Å²) in [7, 11) is 4.14. The molecular formula is C21H21BrClNOS2. The first-order chi connectivity index (χ1) is 12.6. The lowest BCUT2D eigenvalue weighted by atomic mass is 10.0. The normalized spacial score (nSPS) is 12.0. The molecular weight excluding hydrogens is 462 g/mol. The van der Waals surface area contributed by atoms with Gasteiger partial charge < -0.3 is 9.64 Å². The fourth-order valence-electron chi connectivity index (χ4n) is 3.00. The third-order valence-corrected chi connectivity index (χ3v) is 7.08. The number of likely N-dealkylation sites (N-methyl/N-ethyl adjacent to an activating group) is 1. The van der Waals surface area contributed by atoms with Crippen LogP contribution in [0.15, 0.2) is 62.8 Å².